The molecule has 0 saturated carbocycles. The molecule has 0 saturated heterocycles. The number of rotatable bonds is 4. The maximum Gasteiger partial charge on any atom is 0.337 e. The first-order valence-electron chi connectivity index (χ1n) is 8.83. The summed E-state index contributed by atoms with van der Waals surface area (Å²) in [5, 5.41) is 1.75. The minimum atomic E-state index is -4.02. The van der Waals surface area contributed by atoms with E-state index in [0.717, 1.165) is 10.8 Å². The van der Waals surface area contributed by atoms with Gasteiger partial charge in [0.25, 0.3) is 0 Å². The molecule has 29 heavy (non-hydrogen) atoms. The van der Waals surface area contributed by atoms with Crippen LogP contribution in [0.4, 0.5) is 5.69 Å². The smallest absolute Gasteiger partial charge is 0.337 e. The quantitative estimate of drug-likeness (QED) is 0.528. The molecule has 0 spiro atoms. The zero-order valence-electron chi connectivity index (χ0n) is 15.6. The molecule has 1 unspecified atom stereocenters. The predicted molar refractivity (Wildman–Crippen MR) is 113 cm³/mol. The lowest BCUT2D eigenvalue weighted by Gasteiger charge is -2.25. The summed E-state index contributed by atoms with van der Waals surface area (Å²) in [5.74, 6) is -0.609. The van der Waals surface area contributed by atoms with Gasteiger partial charge in [0.1, 0.15) is 0 Å². The monoisotopic (exact) mass is 406 g/mol. The van der Waals surface area contributed by atoms with Crippen molar-refractivity contribution in [1.29, 1.82) is 0 Å². The normalized spacial score (nSPS) is 18.2. The Balaban J connectivity index is 1.91. The van der Waals surface area contributed by atoms with Crippen LogP contribution in [0, 0.1) is 0 Å². The van der Waals surface area contributed by atoms with Gasteiger partial charge >= 0.3 is 5.97 Å². The van der Waals surface area contributed by atoms with Gasteiger partial charge in [-0.1, -0.05) is 24.3 Å². The summed E-state index contributed by atoms with van der Waals surface area (Å²) >= 11 is 0. The third-order valence-corrected chi connectivity index (χ3v) is 7.10. The first-order valence-corrected chi connectivity index (χ1v) is 10.3. The number of nitrogens with two attached hydrogens (primary N) is 1. The molecule has 1 atom stereocenters. The third kappa shape index (κ3) is 3.00. The second-order valence-corrected chi connectivity index (χ2v) is 8.78. The van der Waals surface area contributed by atoms with Crippen LogP contribution in [0.25, 0.3) is 10.8 Å². The van der Waals surface area contributed by atoms with E-state index < -0.39 is 20.7 Å². The second-order valence-electron chi connectivity index (χ2n) is 6.68. The Kier molecular flexibility index (Phi) is 4.47. The standard InChI is InChI=1S/C22H18N2O4S/c1-28-21(25)16-4-2-5-20(14-16)29(26,27)22(10-3-11-24-22)18-8-6-15-7-9-19(23)13-17(15)12-18/h2-14H,23H2,1H3. The molecule has 0 fully saturated rings. The summed E-state index contributed by atoms with van der Waals surface area (Å²) in [7, 11) is -2.77. The number of nitrogens with zero attached hydrogens (tertiary/aromatic N) is 1. The summed E-state index contributed by atoms with van der Waals surface area (Å²) in [6.07, 6.45) is 4.61. The van der Waals surface area contributed by atoms with Crippen molar-refractivity contribution >= 4 is 38.5 Å². The Morgan fingerprint density at radius 1 is 1.03 bits per heavy atom. The molecule has 1 heterocycles. The molecule has 0 aromatic heterocycles. The SMILES string of the molecule is COC(=O)c1cccc(S(=O)(=O)C2(c3ccc4ccc(N)cc4c3)C=CC=N2)c1. The van der Waals surface area contributed by atoms with Crippen molar-refractivity contribution in [3.05, 3.63) is 83.9 Å². The van der Waals surface area contributed by atoms with E-state index in [2.05, 4.69) is 4.99 Å². The van der Waals surface area contributed by atoms with Crippen molar-refractivity contribution in [2.75, 3.05) is 12.8 Å². The molecule has 3 aromatic rings. The number of nitrogen functional groups attached to an aromatic ring is 1. The fourth-order valence-corrected chi connectivity index (χ4v) is 5.22. The van der Waals surface area contributed by atoms with E-state index in [9.17, 15) is 13.2 Å². The summed E-state index contributed by atoms with van der Waals surface area (Å²) < 4.78 is 32.1. The number of hydrogen-bond acceptors (Lipinski definition) is 6. The fourth-order valence-electron chi connectivity index (χ4n) is 3.43. The van der Waals surface area contributed by atoms with E-state index >= 15 is 0 Å². The summed E-state index contributed by atoms with van der Waals surface area (Å²) in [5.41, 5.74) is 7.12. The minimum absolute atomic E-state index is 0.0169. The van der Waals surface area contributed by atoms with Gasteiger partial charge in [0, 0.05) is 11.9 Å². The topological polar surface area (TPSA) is 98.8 Å². The van der Waals surface area contributed by atoms with Gasteiger partial charge in [-0.2, -0.15) is 0 Å². The van der Waals surface area contributed by atoms with Crippen molar-refractivity contribution in [3.8, 4) is 0 Å². The Hall–Kier alpha value is -3.45. The molecule has 0 radical (unpaired) electrons. The molecule has 146 valence electrons. The van der Waals surface area contributed by atoms with Gasteiger partial charge in [-0.05, 0) is 64.9 Å². The number of methoxy groups -OCH3 is 1. The lowest BCUT2D eigenvalue weighted by atomic mass is 10.0. The third-order valence-electron chi connectivity index (χ3n) is 4.93. The van der Waals surface area contributed by atoms with Crippen LogP contribution in [0.3, 0.4) is 0 Å². The predicted octanol–water partition coefficient (Wildman–Crippen LogP) is 3.48. The van der Waals surface area contributed by atoms with Crippen LogP contribution < -0.4 is 5.73 Å². The lowest BCUT2D eigenvalue weighted by Crippen LogP contribution is -2.31. The highest BCUT2D eigenvalue weighted by atomic mass is 32.2. The highest BCUT2D eigenvalue weighted by Gasteiger charge is 2.45. The van der Waals surface area contributed by atoms with E-state index in [1.807, 2.05) is 12.1 Å². The fraction of sp³-hybridized carbons (Fsp3) is 0.0909. The molecule has 0 aliphatic carbocycles. The van der Waals surface area contributed by atoms with Gasteiger partial charge in [-0.25, -0.2) is 13.2 Å². The van der Waals surface area contributed by atoms with Gasteiger partial charge in [-0.15, -0.1) is 0 Å². The number of anilines is 1. The van der Waals surface area contributed by atoms with Gasteiger partial charge in [0.15, 0.2) is 0 Å². The highest BCUT2D eigenvalue weighted by molar-refractivity contribution is 7.92. The number of hydrogen-bond donors (Lipinski definition) is 1. The molecule has 4 rings (SSSR count). The molecular formula is C22H18N2O4S. The van der Waals surface area contributed by atoms with Crippen molar-refractivity contribution < 1.29 is 17.9 Å². The highest BCUT2D eigenvalue weighted by Crippen LogP contribution is 2.41. The minimum Gasteiger partial charge on any atom is -0.465 e. The first-order chi connectivity index (χ1) is 13.9. The molecule has 0 amide bonds. The van der Waals surface area contributed by atoms with Crippen LogP contribution in [0.1, 0.15) is 15.9 Å². The van der Waals surface area contributed by atoms with Crippen molar-refractivity contribution in [2.45, 2.75) is 9.77 Å². The summed E-state index contributed by atoms with van der Waals surface area (Å²) in [6.45, 7) is 0. The van der Waals surface area contributed by atoms with Crippen LogP contribution in [-0.4, -0.2) is 27.7 Å². The molecule has 3 aromatic carbocycles. The van der Waals surface area contributed by atoms with Crippen LogP contribution in [0.15, 0.2) is 82.7 Å². The maximum atomic E-state index is 13.7. The van der Waals surface area contributed by atoms with Crippen LogP contribution in [0.2, 0.25) is 0 Å². The van der Waals surface area contributed by atoms with Gasteiger partial charge in [-0.3, -0.25) is 4.99 Å². The number of ether oxygens (including phenoxy) is 1. The Morgan fingerprint density at radius 3 is 2.55 bits per heavy atom. The maximum absolute atomic E-state index is 13.7. The van der Waals surface area contributed by atoms with E-state index in [0.29, 0.717) is 11.3 Å². The Labute approximate surface area is 168 Å². The molecule has 2 N–H and O–H groups in total. The molecule has 1 aliphatic rings. The van der Waals surface area contributed by atoms with Crippen LogP contribution in [-0.2, 0) is 19.4 Å². The number of sulfone groups is 1. The van der Waals surface area contributed by atoms with Crippen molar-refractivity contribution in [2.24, 2.45) is 4.99 Å². The number of aliphatic imine (C=N–C) groups is 1. The average Bonchev–Trinajstić information content (AvgIpc) is 3.24. The number of benzene rings is 3. The largest absolute Gasteiger partial charge is 0.465 e. The number of esters is 1. The molecule has 0 bridgehead atoms. The molecule has 7 heteroatoms. The molecular weight excluding hydrogens is 388 g/mol. The van der Waals surface area contributed by atoms with E-state index in [4.69, 9.17) is 10.5 Å². The van der Waals surface area contributed by atoms with Gasteiger partial charge < -0.3 is 10.5 Å². The molecule has 6 nitrogen and oxygen atoms in total. The number of carbonyl (C=O) groups excluding carboxylic acids is 1. The average molecular weight is 406 g/mol. The summed E-state index contributed by atoms with van der Waals surface area (Å²) in [4.78, 5) is 14.6. The van der Waals surface area contributed by atoms with E-state index in [1.54, 1.807) is 36.4 Å². The Morgan fingerprint density at radius 2 is 1.83 bits per heavy atom. The zero-order chi connectivity index (χ0) is 20.6. The van der Waals surface area contributed by atoms with E-state index in [-0.39, 0.29) is 10.5 Å². The number of carbonyl (C=O) groups is 1. The van der Waals surface area contributed by atoms with Gasteiger partial charge in [0.2, 0.25) is 14.7 Å². The Bertz CT molecular complexity index is 1280. The number of allylic oxidation sites excluding steroid dienone is 1. The van der Waals surface area contributed by atoms with Gasteiger partial charge in [0.05, 0.1) is 17.6 Å². The number of fused-ring (bicyclic) bond motifs is 1. The second kappa shape index (κ2) is 6.86. The van der Waals surface area contributed by atoms with E-state index in [1.165, 1.54) is 37.6 Å². The van der Waals surface area contributed by atoms with Crippen molar-refractivity contribution in [3.63, 3.8) is 0 Å². The van der Waals surface area contributed by atoms with Crippen LogP contribution >= 0.6 is 0 Å². The van der Waals surface area contributed by atoms with Crippen molar-refractivity contribution in [1.82, 2.24) is 0 Å². The van der Waals surface area contributed by atoms with Crippen LogP contribution in [0.5, 0.6) is 0 Å². The first kappa shape index (κ1) is 18.9. The zero-order valence-corrected chi connectivity index (χ0v) is 16.4. The molecule has 1 aliphatic heterocycles. The lowest BCUT2D eigenvalue weighted by molar-refractivity contribution is 0.0600. The summed E-state index contributed by atoms with van der Waals surface area (Å²) in [6, 6.07) is 16.6.